The summed E-state index contributed by atoms with van der Waals surface area (Å²) < 4.78 is 38.6. The number of aromatic nitrogens is 2. The van der Waals surface area contributed by atoms with Crippen molar-refractivity contribution < 1.29 is 17.7 Å². The molecule has 2 aromatic rings. The van der Waals surface area contributed by atoms with Gasteiger partial charge in [0, 0.05) is 44.6 Å². The molecule has 2 aromatic heterocycles. The zero-order valence-corrected chi connectivity index (χ0v) is 17.8. The van der Waals surface area contributed by atoms with E-state index in [9.17, 15) is 8.42 Å². The highest BCUT2D eigenvalue weighted by atomic mass is 32.2. The second-order valence-electron chi connectivity index (χ2n) is 7.82. The number of pyridine rings is 1. The number of nitrogens with zero attached hydrogens (tertiary/aromatic N) is 4. The summed E-state index contributed by atoms with van der Waals surface area (Å²) in [6, 6.07) is 4.20. The minimum absolute atomic E-state index is 0.227. The highest BCUT2D eigenvalue weighted by Gasteiger charge is 2.36. The van der Waals surface area contributed by atoms with Crippen LogP contribution in [0.3, 0.4) is 0 Å². The van der Waals surface area contributed by atoms with Crippen molar-refractivity contribution in [2.75, 3.05) is 26.2 Å². The van der Waals surface area contributed by atoms with Crippen LogP contribution in [-0.4, -0.2) is 66.1 Å². The van der Waals surface area contributed by atoms with Crippen LogP contribution in [0.4, 0.5) is 0 Å². The SMILES string of the molecule is Cc1noc(C)c1S(=O)(=O)N1CCC(N2CCC(Oc3ccncc3)CC2)CC1. The second-order valence-corrected chi connectivity index (χ2v) is 9.70. The number of hydrogen-bond donors (Lipinski definition) is 0. The molecular weight excluding hydrogens is 392 g/mol. The molecule has 0 N–H and O–H groups in total. The summed E-state index contributed by atoms with van der Waals surface area (Å²) in [4.78, 5) is 6.74. The van der Waals surface area contributed by atoms with E-state index in [0.717, 1.165) is 44.5 Å². The van der Waals surface area contributed by atoms with E-state index in [0.29, 0.717) is 30.6 Å². The van der Waals surface area contributed by atoms with Crippen molar-refractivity contribution >= 4 is 10.0 Å². The smallest absolute Gasteiger partial charge is 0.248 e. The first-order valence-corrected chi connectivity index (χ1v) is 11.6. The van der Waals surface area contributed by atoms with E-state index in [1.54, 1.807) is 30.5 Å². The van der Waals surface area contributed by atoms with Gasteiger partial charge in [-0.25, -0.2) is 8.42 Å². The number of sulfonamides is 1. The Morgan fingerprint density at radius 1 is 1.03 bits per heavy atom. The van der Waals surface area contributed by atoms with Gasteiger partial charge in [0.2, 0.25) is 10.0 Å². The largest absolute Gasteiger partial charge is 0.490 e. The van der Waals surface area contributed by atoms with Crippen LogP contribution in [0.25, 0.3) is 0 Å². The van der Waals surface area contributed by atoms with Crippen LogP contribution in [0, 0.1) is 13.8 Å². The minimum atomic E-state index is -3.54. The van der Waals surface area contributed by atoms with Crippen LogP contribution in [0.2, 0.25) is 0 Å². The summed E-state index contributed by atoms with van der Waals surface area (Å²) in [7, 11) is -3.54. The molecule has 2 saturated heterocycles. The first kappa shape index (κ1) is 20.3. The van der Waals surface area contributed by atoms with Crippen molar-refractivity contribution in [1.29, 1.82) is 0 Å². The average molecular weight is 421 g/mol. The second kappa shape index (κ2) is 8.41. The number of piperidine rings is 2. The molecule has 0 radical (unpaired) electrons. The molecule has 0 atom stereocenters. The monoisotopic (exact) mass is 420 g/mol. The minimum Gasteiger partial charge on any atom is -0.490 e. The fourth-order valence-corrected chi connectivity index (χ4v) is 6.15. The normalized spacial score (nSPS) is 20.8. The maximum atomic E-state index is 13.0. The van der Waals surface area contributed by atoms with E-state index in [4.69, 9.17) is 9.26 Å². The summed E-state index contributed by atoms with van der Waals surface area (Å²) in [5.41, 5.74) is 0.431. The molecular formula is C20H28N4O4S. The molecule has 4 rings (SSSR count). The Kier molecular flexibility index (Phi) is 5.89. The molecule has 0 saturated carbocycles. The molecule has 2 fully saturated rings. The van der Waals surface area contributed by atoms with E-state index >= 15 is 0 Å². The standard InChI is InChI=1S/C20H28N4O4S/c1-15-20(16(2)28-22-15)29(25,26)24-13-5-17(6-14-24)23-11-7-19(8-12-23)27-18-3-9-21-10-4-18/h3-4,9-10,17,19H,5-8,11-14H2,1-2H3. The lowest BCUT2D eigenvalue weighted by atomic mass is 10.00. The van der Waals surface area contributed by atoms with E-state index in [2.05, 4.69) is 15.0 Å². The predicted molar refractivity (Wildman–Crippen MR) is 107 cm³/mol. The highest BCUT2D eigenvalue weighted by molar-refractivity contribution is 7.89. The third kappa shape index (κ3) is 4.31. The molecule has 0 aliphatic carbocycles. The maximum Gasteiger partial charge on any atom is 0.248 e. The molecule has 0 bridgehead atoms. The first-order chi connectivity index (χ1) is 13.9. The maximum absolute atomic E-state index is 13.0. The average Bonchev–Trinajstić information content (AvgIpc) is 3.08. The van der Waals surface area contributed by atoms with Crippen LogP contribution in [0.15, 0.2) is 33.9 Å². The lowest BCUT2D eigenvalue weighted by Gasteiger charge is -2.41. The van der Waals surface area contributed by atoms with Gasteiger partial charge in [-0.3, -0.25) is 4.98 Å². The van der Waals surface area contributed by atoms with Crippen LogP contribution in [-0.2, 0) is 10.0 Å². The van der Waals surface area contributed by atoms with E-state index < -0.39 is 10.0 Å². The fourth-order valence-electron chi connectivity index (χ4n) is 4.39. The van der Waals surface area contributed by atoms with Crippen molar-refractivity contribution in [1.82, 2.24) is 19.3 Å². The van der Waals surface area contributed by atoms with Crippen LogP contribution in [0.5, 0.6) is 5.75 Å². The summed E-state index contributed by atoms with van der Waals surface area (Å²) in [6.07, 6.45) is 7.38. The van der Waals surface area contributed by atoms with E-state index in [1.807, 2.05) is 12.1 Å². The molecule has 158 valence electrons. The Labute approximate surface area is 171 Å². The Hall–Kier alpha value is -1.97. The molecule has 4 heterocycles. The van der Waals surface area contributed by atoms with Crippen LogP contribution < -0.4 is 4.74 Å². The summed E-state index contributed by atoms with van der Waals surface area (Å²) in [5, 5.41) is 3.80. The fraction of sp³-hybridized carbons (Fsp3) is 0.600. The van der Waals surface area contributed by atoms with Crippen molar-refractivity contribution in [3.8, 4) is 5.75 Å². The van der Waals surface area contributed by atoms with Gasteiger partial charge in [0.05, 0.1) is 0 Å². The molecule has 0 aromatic carbocycles. The van der Waals surface area contributed by atoms with Gasteiger partial charge in [-0.05, 0) is 51.7 Å². The molecule has 29 heavy (non-hydrogen) atoms. The zero-order chi connectivity index (χ0) is 20.4. The van der Waals surface area contributed by atoms with Gasteiger partial charge in [0.25, 0.3) is 0 Å². The number of ether oxygens (including phenoxy) is 1. The van der Waals surface area contributed by atoms with Crippen molar-refractivity contribution in [3.63, 3.8) is 0 Å². The Bertz CT molecular complexity index is 896. The van der Waals surface area contributed by atoms with Gasteiger partial charge in [-0.2, -0.15) is 4.31 Å². The van der Waals surface area contributed by atoms with Gasteiger partial charge in [-0.15, -0.1) is 0 Å². The van der Waals surface area contributed by atoms with Gasteiger partial charge < -0.3 is 14.2 Å². The number of rotatable bonds is 5. The van der Waals surface area contributed by atoms with Gasteiger partial charge >= 0.3 is 0 Å². The molecule has 8 nitrogen and oxygen atoms in total. The van der Waals surface area contributed by atoms with Crippen molar-refractivity contribution in [2.45, 2.75) is 56.6 Å². The van der Waals surface area contributed by atoms with Crippen LogP contribution in [0.1, 0.15) is 37.1 Å². The number of aryl methyl sites for hydroxylation is 2. The Balaban J connectivity index is 1.29. The summed E-state index contributed by atoms with van der Waals surface area (Å²) >= 11 is 0. The molecule has 2 aliphatic rings. The summed E-state index contributed by atoms with van der Waals surface area (Å²) in [5.74, 6) is 1.23. The molecule has 2 aliphatic heterocycles. The quantitative estimate of drug-likeness (QED) is 0.734. The lowest BCUT2D eigenvalue weighted by Crippen LogP contribution is -2.50. The van der Waals surface area contributed by atoms with Gasteiger partial charge in [0.1, 0.15) is 22.4 Å². The predicted octanol–water partition coefficient (Wildman–Crippen LogP) is 2.38. The Morgan fingerprint density at radius 2 is 1.69 bits per heavy atom. The first-order valence-electron chi connectivity index (χ1n) is 10.2. The van der Waals surface area contributed by atoms with Gasteiger partial charge in [-0.1, -0.05) is 5.16 Å². The molecule has 9 heteroatoms. The van der Waals surface area contributed by atoms with Gasteiger partial charge in [0.15, 0.2) is 5.76 Å². The van der Waals surface area contributed by atoms with Crippen LogP contribution >= 0.6 is 0 Å². The zero-order valence-electron chi connectivity index (χ0n) is 17.0. The lowest BCUT2D eigenvalue weighted by molar-refractivity contribution is 0.0585. The van der Waals surface area contributed by atoms with Crippen molar-refractivity contribution in [3.05, 3.63) is 36.0 Å². The molecule has 0 spiro atoms. The van der Waals surface area contributed by atoms with Crippen molar-refractivity contribution in [2.24, 2.45) is 0 Å². The van der Waals surface area contributed by atoms with E-state index in [1.165, 1.54) is 0 Å². The summed E-state index contributed by atoms with van der Waals surface area (Å²) in [6.45, 7) is 6.36. The highest BCUT2D eigenvalue weighted by Crippen LogP contribution is 2.28. The Morgan fingerprint density at radius 3 is 2.28 bits per heavy atom. The third-order valence-electron chi connectivity index (χ3n) is 5.93. The third-order valence-corrected chi connectivity index (χ3v) is 8.08. The molecule has 0 unspecified atom stereocenters. The van der Waals surface area contributed by atoms with E-state index in [-0.39, 0.29) is 11.0 Å². The topological polar surface area (TPSA) is 88.8 Å². The number of likely N-dealkylation sites (tertiary alicyclic amines) is 1. The molecule has 0 amide bonds. The number of hydrogen-bond acceptors (Lipinski definition) is 7.